The minimum Gasteiger partial charge on any atom is -0.464 e. The number of fused-ring (bicyclic) bond motifs is 3. The fourth-order valence-corrected chi connectivity index (χ4v) is 3.88. The zero-order valence-corrected chi connectivity index (χ0v) is 14.0. The van der Waals surface area contributed by atoms with Crippen molar-refractivity contribution in [3.8, 4) is 34.6 Å². The van der Waals surface area contributed by atoms with Gasteiger partial charge >= 0.3 is 0 Å². The van der Waals surface area contributed by atoms with Gasteiger partial charge in [0, 0.05) is 22.0 Å². The Morgan fingerprint density at radius 1 is 1.00 bits per heavy atom. The number of hydrogen-bond donors (Lipinski definition) is 1. The molecule has 3 aromatic rings. The third-order valence-electron chi connectivity index (χ3n) is 4.38. The van der Waals surface area contributed by atoms with Crippen LogP contribution in [0.2, 0.25) is 0 Å². The van der Waals surface area contributed by atoms with Crippen LogP contribution in [-0.4, -0.2) is 0 Å². The van der Waals surface area contributed by atoms with E-state index in [0.29, 0.717) is 28.9 Å². The summed E-state index contributed by atoms with van der Waals surface area (Å²) in [5, 5.41) is 19.3. The van der Waals surface area contributed by atoms with Gasteiger partial charge in [-0.15, -0.1) is 0 Å². The first-order valence-electron chi connectivity index (χ1n) is 7.27. The molecule has 2 aromatic carbocycles. The van der Waals surface area contributed by atoms with Gasteiger partial charge in [-0.3, -0.25) is 0 Å². The molecule has 0 bridgehead atoms. The molecule has 0 atom stereocenters. The lowest BCUT2D eigenvalue weighted by molar-refractivity contribution is 0.581. The average molecular weight is 376 g/mol. The van der Waals surface area contributed by atoms with E-state index in [1.54, 1.807) is 18.4 Å². The van der Waals surface area contributed by atoms with Crippen LogP contribution in [0.5, 0.6) is 0 Å². The number of nitrogen functional groups attached to an aromatic ring is 1. The van der Waals surface area contributed by atoms with Gasteiger partial charge in [0.1, 0.15) is 17.9 Å². The van der Waals surface area contributed by atoms with Gasteiger partial charge in [-0.1, -0.05) is 28.1 Å². The summed E-state index contributed by atoms with van der Waals surface area (Å²) in [5.41, 5.74) is 11.5. The van der Waals surface area contributed by atoms with E-state index in [2.05, 4.69) is 28.1 Å². The van der Waals surface area contributed by atoms with Gasteiger partial charge in [-0.05, 0) is 34.9 Å². The highest BCUT2D eigenvalue weighted by atomic mass is 79.9. The second-order valence-electron chi connectivity index (χ2n) is 5.54. The molecule has 0 unspecified atom stereocenters. The monoisotopic (exact) mass is 375 g/mol. The van der Waals surface area contributed by atoms with Crippen molar-refractivity contribution in [1.82, 2.24) is 0 Å². The first-order chi connectivity index (χ1) is 11.7. The van der Waals surface area contributed by atoms with Crippen LogP contribution >= 0.6 is 15.9 Å². The van der Waals surface area contributed by atoms with Crippen LogP contribution in [0.1, 0.15) is 22.3 Å². The first kappa shape index (κ1) is 14.6. The standard InChI is InChI=1S/C19H10BrN3O/c20-15-4-1-3-10-11(15)7-12-17(10)13(8-21)19(23)14(9-22)18(12)16-5-2-6-24-16/h1-6H,7,23H2. The Kier molecular flexibility index (Phi) is 3.19. The molecular formula is C19H10BrN3O. The molecule has 5 heteroatoms. The molecule has 1 aliphatic carbocycles. The third-order valence-corrected chi connectivity index (χ3v) is 5.12. The zero-order valence-electron chi connectivity index (χ0n) is 12.4. The predicted octanol–water partition coefficient (Wildman–Crippen LogP) is 4.61. The SMILES string of the molecule is N#Cc1c(N)c(C#N)c2c(c1-c1ccco1)Cc1c(Br)cccc1-2. The van der Waals surface area contributed by atoms with Gasteiger partial charge in [0.25, 0.3) is 0 Å². The molecule has 4 rings (SSSR count). The number of benzene rings is 2. The minimum absolute atomic E-state index is 0.206. The number of nitrogens with zero attached hydrogens (tertiary/aromatic N) is 2. The Hall–Kier alpha value is -3.02. The van der Waals surface area contributed by atoms with E-state index in [-0.39, 0.29) is 5.69 Å². The minimum atomic E-state index is 0.206. The summed E-state index contributed by atoms with van der Waals surface area (Å²) in [5.74, 6) is 0.586. The lowest BCUT2D eigenvalue weighted by atomic mass is 9.89. The molecule has 24 heavy (non-hydrogen) atoms. The van der Waals surface area contributed by atoms with Gasteiger partial charge in [0.15, 0.2) is 0 Å². The van der Waals surface area contributed by atoms with E-state index in [1.165, 1.54) is 0 Å². The highest BCUT2D eigenvalue weighted by Crippen LogP contribution is 2.49. The topological polar surface area (TPSA) is 86.7 Å². The molecule has 114 valence electrons. The summed E-state index contributed by atoms with van der Waals surface area (Å²) in [7, 11) is 0. The molecular weight excluding hydrogens is 366 g/mol. The van der Waals surface area contributed by atoms with Gasteiger partial charge < -0.3 is 10.2 Å². The summed E-state index contributed by atoms with van der Waals surface area (Å²) >= 11 is 3.58. The zero-order chi connectivity index (χ0) is 16.8. The van der Waals surface area contributed by atoms with Crippen molar-refractivity contribution in [2.24, 2.45) is 0 Å². The number of rotatable bonds is 1. The second kappa shape index (κ2) is 5.26. The van der Waals surface area contributed by atoms with Gasteiger partial charge in [-0.2, -0.15) is 10.5 Å². The maximum atomic E-state index is 9.64. The van der Waals surface area contributed by atoms with Crippen molar-refractivity contribution in [3.63, 3.8) is 0 Å². The van der Waals surface area contributed by atoms with E-state index in [9.17, 15) is 10.5 Å². The van der Waals surface area contributed by atoms with E-state index >= 15 is 0 Å². The van der Waals surface area contributed by atoms with Crippen molar-refractivity contribution in [2.75, 3.05) is 5.73 Å². The summed E-state index contributed by atoms with van der Waals surface area (Å²) < 4.78 is 6.52. The second-order valence-corrected chi connectivity index (χ2v) is 6.39. The maximum absolute atomic E-state index is 9.64. The maximum Gasteiger partial charge on any atom is 0.135 e. The van der Waals surface area contributed by atoms with Crippen LogP contribution in [0.25, 0.3) is 22.5 Å². The van der Waals surface area contributed by atoms with Crippen molar-refractivity contribution in [1.29, 1.82) is 10.5 Å². The van der Waals surface area contributed by atoms with Crippen LogP contribution in [0.3, 0.4) is 0 Å². The largest absolute Gasteiger partial charge is 0.464 e. The molecule has 0 fully saturated rings. The molecule has 2 N–H and O–H groups in total. The lowest BCUT2D eigenvalue weighted by Gasteiger charge is -2.14. The third kappa shape index (κ3) is 1.83. The normalized spacial score (nSPS) is 11.5. The van der Waals surface area contributed by atoms with Crippen LogP contribution in [0.15, 0.2) is 45.5 Å². The van der Waals surface area contributed by atoms with Gasteiger partial charge in [0.05, 0.1) is 23.1 Å². The van der Waals surface area contributed by atoms with Crippen LogP contribution in [0, 0.1) is 22.7 Å². The van der Waals surface area contributed by atoms with E-state index in [0.717, 1.165) is 26.7 Å². The Bertz CT molecular complexity index is 1070. The molecule has 4 nitrogen and oxygen atoms in total. The molecule has 1 heterocycles. The Balaban J connectivity index is 2.18. The Morgan fingerprint density at radius 3 is 2.42 bits per heavy atom. The number of anilines is 1. The fraction of sp³-hybridized carbons (Fsp3) is 0.0526. The summed E-state index contributed by atoms with van der Waals surface area (Å²) in [4.78, 5) is 0. The number of nitrogens with two attached hydrogens (primary N) is 1. The fourth-order valence-electron chi connectivity index (χ4n) is 3.37. The van der Waals surface area contributed by atoms with Gasteiger partial charge in [-0.25, -0.2) is 0 Å². The Morgan fingerprint density at radius 2 is 1.75 bits per heavy atom. The quantitative estimate of drug-likeness (QED) is 0.492. The first-order valence-corrected chi connectivity index (χ1v) is 8.06. The van der Waals surface area contributed by atoms with Crippen LogP contribution in [0.4, 0.5) is 5.69 Å². The van der Waals surface area contributed by atoms with Crippen molar-refractivity contribution < 1.29 is 4.42 Å². The van der Waals surface area contributed by atoms with E-state index in [4.69, 9.17) is 10.2 Å². The van der Waals surface area contributed by atoms with Crippen molar-refractivity contribution in [3.05, 3.63) is 63.3 Å². The average Bonchev–Trinajstić information content (AvgIpc) is 3.22. The number of furan rings is 1. The summed E-state index contributed by atoms with van der Waals surface area (Å²) in [6.45, 7) is 0. The molecule has 0 saturated heterocycles. The van der Waals surface area contributed by atoms with Crippen LogP contribution < -0.4 is 5.73 Å². The van der Waals surface area contributed by atoms with Crippen molar-refractivity contribution in [2.45, 2.75) is 6.42 Å². The molecule has 0 radical (unpaired) electrons. The van der Waals surface area contributed by atoms with Crippen LogP contribution in [-0.2, 0) is 6.42 Å². The molecule has 0 spiro atoms. The highest BCUT2D eigenvalue weighted by molar-refractivity contribution is 9.10. The van der Waals surface area contributed by atoms with Gasteiger partial charge in [0.2, 0.25) is 0 Å². The molecule has 0 aliphatic heterocycles. The molecule has 0 saturated carbocycles. The van der Waals surface area contributed by atoms with E-state index < -0.39 is 0 Å². The number of hydrogen-bond acceptors (Lipinski definition) is 4. The Labute approximate surface area is 146 Å². The summed E-state index contributed by atoms with van der Waals surface area (Å²) in [6, 6.07) is 13.8. The molecule has 0 amide bonds. The van der Waals surface area contributed by atoms with Crippen molar-refractivity contribution >= 4 is 21.6 Å². The summed E-state index contributed by atoms with van der Waals surface area (Å²) in [6.07, 6.45) is 2.18. The lowest BCUT2D eigenvalue weighted by Crippen LogP contribution is -2.02. The number of halogens is 1. The molecule has 1 aliphatic rings. The molecule has 1 aromatic heterocycles. The predicted molar refractivity (Wildman–Crippen MR) is 93.9 cm³/mol. The number of nitriles is 2. The highest BCUT2D eigenvalue weighted by Gasteiger charge is 2.31. The van der Waals surface area contributed by atoms with E-state index in [1.807, 2.05) is 18.2 Å². The smallest absolute Gasteiger partial charge is 0.135 e.